The molecule has 0 atom stereocenters. The van der Waals surface area contributed by atoms with E-state index in [1.165, 1.54) is 82.8 Å². The van der Waals surface area contributed by atoms with Crippen LogP contribution in [0, 0.1) is 34.8 Å². The van der Waals surface area contributed by atoms with Gasteiger partial charge in [0.15, 0.2) is 0 Å². The number of unbranched alkanes of at least 4 members (excludes halogenated alkanes) is 3. The number of hydrogen-bond acceptors (Lipinski definition) is 1. The van der Waals surface area contributed by atoms with Gasteiger partial charge in [0.2, 0.25) is 0 Å². The summed E-state index contributed by atoms with van der Waals surface area (Å²) in [5.41, 5.74) is 0.283. The Morgan fingerprint density at radius 1 is 0.871 bits per heavy atom. The maximum Gasteiger partial charge on any atom is 0.144 e. The molecule has 1 aromatic carbocycles. The Bertz CT molecular complexity index is 689. The number of benzene rings is 1. The SMILES string of the molecule is CCCCC[SiH]1CCC(CCCCC2CCC(c3cc(F)c(C#N)c(F)c3)CC2)CC1. The molecule has 2 fully saturated rings. The number of halogens is 2. The summed E-state index contributed by atoms with van der Waals surface area (Å²) >= 11 is 0. The van der Waals surface area contributed by atoms with Crippen molar-refractivity contribution in [1.29, 1.82) is 5.26 Å². The van der Waals surface area contributed by atoms with E-state index in [0.717, 1.165) is 30.2 Å². The molecule has 1 aliphatic heterocycles. The van der Waals surface area contributed by atoms with Gasteiger partial charge in [0.05, 0.1) is 0 Å². The Hall–Kier alpha value is -1.21. The first kappa shape index (κ1) is 24.4. The zero-order valence-corrected chi connectivity index (χ0v) is 20.6. The first-order valence-electron chi connectivity index (χ1n) is 13.0. The summed E-state index contributed by atoms with van der Waals surface area (Å²) < 4.78 is 27.9. The number of nitriles is 1. The maximum atomic E-state index is 13.9. The van der Waals surface area contributed by atoms with Gasteiger partial charge in [-0.05, 0) is 61.1 Å². The fourth-order valence-electron chi connectivity index (χ4n) is 6.08. The van der Waals surface area contributed by atoms with Crippen molar-refractivity contribution in [2.24, 2.45) is 11.8 Å². The second-order valence-corrected chi connectivity index (χ2v) is 13.8. The molecule has 0 radical (unpaired) electrons. The van der Waals surface area contributed by atoms with E-state index in [4.69, 9.17) is 5.26 Å². The summed E-state index contributed by atoms with van der Waals surface area (Å²) in [6.45, 7) is 2.31. The van der Waals surface area contributed by atoms with Crippen LogP contribution in [0.3, 0.4) is 0 Å². The van der Waals surface area contributed by atoms with Gasteiger partial charge in [-0.15, -0.1) is 0 Å². The van der Waals surface area contributed by atoms with Gasteiger partial charge >= 0.3 is 0 Å². The van der Waals surface area contributed by atoms with Crippen LogP contribution < -0.4 is 0 Å². The molecule has 0 amide bonds. The normalized spacial score (nSPS) is 26.5. The highest BCUT2D eigenvalue weighted by Crippen LogP contribution is 2.39. The molecule has 0 aromatic heterocycles. The first-order valence-corrected chi connectivity index (χ1v) is 15.4. The second-order valence-electron chi connectivity index (χ2n) is 10.4. The predicted molar refractivity (Wildman–Crippen MR) is 128 cm³/mol. The topological polar surface area (TPSA) is 23.8 Å². The third kappa shape index (κ3) is 7.41. The average Bonchev–Trinajstić information content (AvgIpc) is 2.78. The molecule has 1 nitrogen and oxygen atoms in total. The van der Waals surface area contributed by atoms with Crippen LogP contribution >= 0.6 is 0 Å². The lowest BCUT2D eigenvalue weighted by Gasteiger charge is -2.30. The molecule has 1 saturated carbocycles. The van der Waals surface area contributed by atoms with Crippen LogP contribution in [-0.4, -0.2) is 8.80 Å². The minimum Gasteiger partial charge on any atom is -0.205 e. The Labute approximate surface area is 190 Å². The van der Waals surface area contributed by atoms with Crippen LogP contribution in [-0.2, 0) is 0 Å². The van der Waals surface area contributed by atoms with Crippen LogP contribution in [0.25, 0.3) is 0 Å². The number of hydrogen-bond donors (Lipinski definition) is 0. The lowest BCUT2D eigenvalue weighted by atomic mass is 9.76. The first-order chi connectivity index (χ1) is 15.1. The minimum absolute atomic E-state index is 0.240. The molecule has 31 heavy (non-hydrogen) atoms. The smallest absolute Gasteiger partial charge is 0.144 e. The fourth-order valence-corrected chi connectivity index (χ4v) is 9.70. The quantitative estimate of drug-likeness (QED) is 0.261. The van der Waals surface area contributed by atoms with Gasteiger partial charge in [-0.25, -0.2) is 8.78 Å². The number of nitrogens with zero attached hydrogens (tertiary/aromatic N) is 1. The molecule has 1 aromatic rings. The highest BCUT2D eigenvalue weighted by Gasteiger charge is 2.25. The molecule has 1 heterocycles. The molecular formula is C27H41F2NSi. The van der Waals surface area contributed by atoms with Gasteiger partial charge in [0, 0.05) is 8.80 Å². The van der Waals surface area contributed by atoms with Gasteiger partial charge in [0.25, 0.3) is 0 Å². The Morgan fingerprint density at radius 3 is 2.00 bits per heavy atom. The molecule has 0 bridgehead atoms. The van der Waals surface area contributed by atoms with Crippen LogP contribution in [0.15, 0.2) is 12.1 Å². The van der Waals surface area contributed by atoms with Crippen molar-refractivity contribution in [2.75, 3.05) is 0 Å². The molecule has 172 valence electrons. The zero-order valence-electron chi connectivity index (χ0n) is 19.5. The highest BCUT2D eigenvalue weighted by atomic mass is 28.3. The molecule has 1 aliphatic carbocycles. The molecule has 0 unspecified atom stereocenters. The van der Waals surface area contributed by atoms with E-state index in [9.17, 15) is 8.78 Å². The number of rotatable bonds is 10. The Kier molecular flexibility index (Phi) is 10.0. The lowest BCUT2D eigenvalue weighted by Crippen LogP contribution is -2.21. The van der Waals surface area contributed by atoms with Crippen LogP contribution in [0.4, 0.5) is 8.78 Å². The van der Waals surface area contributed by atoms with Gasteiger partial charge in [0.1, 0.15) is 23.3 Å². The summed E-state index contributed by atoms with van der Waals surface area (Å²) in [4.78, 5) is 0. The van der Waals surface area contributed by atoms with E-state index in [0.29, 0.717) is 0 Å². The van der Waals surface area contributed by atoms with E-state index >= 15 is 0 Å². The lowest BCUT2D eigenvalue weighted by molar-refractivity contribution is 0.296. The molecule has 4 heteroatoms. The van der Waals surface area contributed by atoms with Gasteiger partial charge in [-0.3, -0.25) is 0 Å². The predicted octanol–water partition coefficient (Wildman–Crippen LogP) is 8.50. The summed E-state index contributed by atoms with van der Waals surface area (Å²) in [5, 5.41) is 8.84. The van der Waals surface area contributed by atoms with E-state index in [1.807, 2.05) is 0 Å². The molecular weight excluding hydrogens is 404 g/mol. The minimum atomic E-state index is -0.711. The summed E-state index contributed by atoms with van der Waals surface area (Å²) in [6.07, 6.45) is 17.2. The van der Waals surface area contributed by atoms with Crippen molar-refractivity contribution >= 4 is 8.80 Å². The van der Waals surface area contributed by atoms with Crippen molar-refractivity contribution in [3.05, 3.63) is 34.9 Å². The largest absolute Gasteiger partial charge is 0.205 e. The van der Waals surface area contributed by atoms with Gasteiger partial charge < -0.3 is 0 Å². The van der Waals surface area contributed by atoms with E-state index < -0.39 is 17.2 Å². The van der Waals surface area contributed by atoms with Crippen LogP contribution in [0.2, 0.25) is 18.1 Å². The summed E-state index contributed by atoms with van der Waals surface area (Å²) in [6, 6.07) is 9.20. The van der Waals surface area contributed by atoms with Gasteiger partial charge in [-0.2, -0.15) is 5.26 Å². The Morgan fingerprint density at radius 2 is 1.45 bits per heavy atom. The summed E-state index contributed by atoms with van der Waals surface area (Å²) in [5.74, 6) is 0.608. The third-order valence-electron chi connectivity index (χ3n) is 8.15. The van der Waals surface area contributed by atoms with E-state index in [1.54, 1.807) is 24.2 Å². The average molecular weight is 446 g/mol. The van der Waals surface area contributed by atoms with E-state index in [2.05, 4.69) is 6.92 Å². The molecule has 1 saturated heterocycles. The monoisotopic (exact) mass is 445 g/mol. The van der Waals surface area contributed by atoms with E-state index in [-0.39, 0.29) is 14.7 Å². The molecule has 0 N–H and O–H groups in total. The van der Waals surface area contributed by atoms with Crippen molar-refractivity contribution in [1.82, 2.24) is 0 Å². The third-order valence-corrected chi connectivity index (χ3v) is 11.7. The zero-order chi connectivity index (χ0) is 22.1. The molecule has 3 rings (SSSR count). The van der Waals surface area contributed by atoms with Crippen LogP contribution in [0.1, 0.15) is 107 Å². The maximum absolute atomic E-state index is 13.9. The highest BCUT2D eigenvalue weighted by molar-refractivity contribution is 6.58. The fraction of sp³-hybridized carbons (Fsp3) is 0.741. The van der Waals surface area contributed by atoms with Crippen LogP contribution in [0.5, 0.6) is 0 Å². The van der Waals surface area contributed by atoms with Crippen molar-refractivity contribution in [3.63, 3.8) is 0 Å². The van der Waals surface area contributed by atoms with Crippen molar-refractivity contribution < 1.29 is 8.78 Å². The molecule has 0 spiro atoms. The standard InChI is InChI=1S/C27H41F2NSi/c1-2-3-6-15-31-16-13-22(14-17-31)8-5-4-7-21-9-11-23(12-10-21)24-18-26(28)25(20-30)27(29)19-24/h18-19,21-23,31H,2-17H2,1H3. The second kappa shape index (κ2) is 12.7. The molecule has 2 aliphatic rings. The van der Waals surface area contributed by atoms with Crippen molar-refractivity contribution in [3.8, 4) is 6.07 Å². The van der Waals surface area contributed by atoms with Crippen molar-refractivity contribution in [2.45, 2.75) is 114 Å². The Balaban J connectivity index is 1.29. The summed E-state index contributed by atoms with van der Waals surface area (Å²) in [7, 11) is -0.367. The van der Waals surface area contributed by atoms with Gasteiger partial charge in [-0.1, -0.05) is 82.8 Å².